The molecule has 0 saturated carbocycles. The molecule has 7 heteroatoms. The van der Waals surface area contributed by atoms with Gasteiger partial charge in [-0.05, 0) is 43.2 Å². The van der Waals surface area contributed by atoms with Crippen molar-refractivity contribution in [3.8, 4) is 0 Å². The van der Waals surface area contributed by atoms with Crippen LogP contribution in [0.1, 0.15) is 33.1 Å². The fraction of sp³-hybridized carbons (Fsp3) is 0.680. The Morgan fingerprint density at radius 3 is 2.12 bits per heavy atom. The third kappa shape index (κ3) is 6.01. The largest absolute Gasteiger partial charge is 0.370 e. The number of piperidine rings is 1. The van der Waals surface area contributed by atoms with Crippen LogP contribution in [0.5, 0.6) is 0 Å². The van der Waals surface area contributed by atoms with Crippen LogP contribution in [-0.2, 0) is 9.59 Å². The van der Waals surface area contributed by atoms with E-state index < -0.39 is 0 Å². The van der Waals surface area contributed by atoms with Crippen molar-refractivity contribution < 1.29 is 9.59 Å². The number of carbonyl (C=O) groups is 2. The van der Waals surface area contributed by atoms with E-state index in [0.29, 0.717) is 24.9 Å². The van der Waals surface area contributed by atoms with E-state index in [4.69, 9.17) is 0 Å². The Kier molecular flexibility index (Phi) is 7.68. The summed E-state index contributed by atoms with van der Waals surface area (Å²) in [6.07, 6.45) is 3.64. The van der Waals surface area contributed by atoms with Gasteiger partial charge in [0.15, 0.2) is 0 Å². The number of rotatable bonds is 6. The molecular formula is C25H39N5O2. The summed E-state index contributed by atoms with van der Waals surface area (Å²) in [5.74, 6) is 1.48. The maximum atomic E-state index is 12.8. The molecule has 0 aromatic heterocycles. The van der Waals surface area contributed by atoms with Crippen molar-refractivity contribution in [3.63, 3.8) is 0 Å². The molecule has 1 aromatic rings. The van der Waals surface area contributed by atoms with Crippen LogP contribution in [-0.4, -0.2) is 92.0 Å². The number of nitrogens with one attached hydrogen (secondary N) is 1. The number of benzene rings is 1. The van der Waals surface area contributed by atoms with E-state index in [1.54, 1.807) is 0 Å². The van der Waals surface area contributed by atoms with Gasteiger partial charge in [0, 0.05) is 52.4 Å². The molecule has 3 heterocycles. The molecule has 4 rings (SSSR count). The summed E-state index contributed by atoms with van der Waals surface area (Å²) in [4.78, 5) is 34.3. The van der Waals surface area contributed by atoms with Crippen LogP contribution in [0.25, 0.3) is 0 Å². The van der Waals surface area contributed by atoms with E-state index in [9.17, 15) is 9.59 Å². The maximum Gasteiger partial charge on any atom is 0.238 e. The Morgan fingerprint density at radius 2 is 1.47 bits per heavy atom. The van der Waals surface area contributed by atoms with Gasteiger partial charge in [-0.2, -0.15) is 0 Å². The Hall–Kier alpha value is -2.12. The van der Waals surface area contributed by atoms with Crippen molar-refractivity contribution >= 4 is 23.2 Å². The monoisotopic (exact) mass is 441 g/mol. The summed E-state index contributed by atoms with van der Waals surface area (Å²) in [6.45, 7) is 12.6. The molecule has 1 N–H and O–H groups in total. The Morgan fingerprint density at radius 1 is 0.875 bits per heavy atom. The van der Waals surface area contributed by atoms with Crippen LogP contribution in [0.2, 0.25) is 0 Å². The second-order valence-corrected chi connectivity index (χ2v) is 10.1. The zero-order valence-corrected chi connectivity index (χ0v) is 19.8. The predicted octanol–water partition coefficient (Wildman–Crippen LogP) is 2.35. The first kappa shape index (κ1) is 23.1. The Balaban J connectivity index is 1.21. The summed E-state index contributed by atoms with van der Waals surface area (Å²) in [5, 5.41) is 3.13. The molecule has 3 aliphatic heterocycles. The van der Waals surface area contributed by atoms with Crippen LogP contribution >= 0.6 is 0 Å². The lowest BCUT2D eigenvalue weighted by molar-refractivity contribution is -0.135. The third-order valence-corrected chi connectivity index (χ3v) is 7.04. The average molecular weight is 442 g/mol. The highest BCUT2D eigenvalue weighted by molar-refractivity contribution is 5.95. The number of carbonyl (C=O) groups excluding carboxylic acids is 2. The fourth-order valence-corrected chi connectivity index (χ4v) is 5.47. The summed E-state index contributed by atoms with van der Waals surface area (Å²) in [5.41, 5.74) is 2.04. The Labute approximate surface area is 192 Å². The molecule has 3 aliphatic rings. The lowest BCUT2D eigenvalue weighted by atomic mass is 9.92. The molecule has 32 heavy (non-hydrogen) atoms. The number of para-hydroxylation sites is 2. The zero-order chi connectivity index (χ0) is 22.5. The fourth-order valence-electron chi connectivity index (χ4n) is 5.47. The van der Waals surface area contributed by atoms with Gasteiger partial charge in [-0.1, -0.05) is 26.0 Å². The van der Waals surface area contributed by atoms with E-state index in [2.05, 4.69) is 44.8 Å². The molecule has 0 radical (unpaired) electrons. The highest BCUT2D eigenvalue weighted by Gasteiger charge is 2.28. The summed E-state index contributed by atoms with van der Waals surface area (Å²) < 4.78 is 0. The quantitative estimate of drug-likeness (QED) is 0.734. The SMILES string of the molecule is C[C@@H]1C[C@H](C)CN(C(=O)CN2CCN(CC(=O)Nc3ccccc3N3CCCC3)CC2)C1. The summed E-state index contributed by atoms with van der Waals surface area (Å²) in [7, 11) is 0. The van der Waals surface area contributed by atoms with E-state index in [0.717, 1.165) is 63.7 Å². The standard InChI is InChI=1S/C25H39N5O2/c1-20-15-21(2)17-30(16-20)25(32)19-28-13-11-27(12-14-28)18-24(31)26-22-7-3-4-8-23(22)29-9-5-6-10-29/h3-4,7-8,20-21H,5-6,9-19H2,1-2H3,(H,26,31)/t20-,21+. The topological polar surface area (TPSA) is 59.1 Å². The van der Waals surface area contributed by atoms with Crippen LogP contribution in [0, 0.1) is 11.8 Å². The van der Waals surface area contributed by atoms with Gasteiger partial charge in [0.05, 0.1) is 24.5 Å². The Bertz CT molecular complexity index is 776. The van der Waals surface area contributed by atoms with Gasteiger partial charge in [-0.25, -0.2) is 0 Å². The molecule has 0 bridgehead atoms. The van der Waals surface area contributed by atoms with Crippen LogP contribution in [0.4, 0.5) is 11.4 Å². The number of likely N-dealkylation sites (tertiary alicyclic amines) is 1. The van der Waals surface area contributed by atoms with E-state index in [1.807, 2.05) is 18.2 Å². The highest BCUT2D eigenvalue weighted by atomic mass is 16.2. The van der Waals surface area contributed by atoms with Crippen LogP contribution in [0.3, 0.4) is 0 Å². The van der Waals surface area contributed by atoms with Crippen LogP contribution in [0.15, 0.2) is 24.3 Å². The molecule has 0 aliphatic carbocycles. The van der Waals surface area contributed by atoms with Crippen molar-refractivity contribution in [2.24, 2.45) is 11.8 Å². The van der Waals surface area contributed by atoms with Crippen molar-refractivity contribution in [1.29, 1.82) is 0 Å². The minimum absolute atomic E-state index is 0.0393. The molecule has 7 nitrogen and oxygen atoms in total. The molecule has 0 unspecified atom stereocenters. The normalized spacial score (nSPS) is 25.2. The molecule has 2 amide bonds. The highest BCUT2D eigenvalue weighted by Crippen LogP contribution is 2.28. The van der Waals surface area contributed by atoms with Gasteiger partial charge < -0.3 is 15.1 Å². The molecule has 1 aromatic carbocycles. The first-order chi connectivity index (χ1) is 15.5. The summed E-state index contributed by atoms with van der Waals surface area (Å²) >= 11 is 0. The number of nitrogens with zero attached hydrogens (tertiary/aromatic N) is 4. The zero-order valence-electron chi connectivity index (χ0n) is 19.8. The van der Waals surface area contributed by atoms with Crippen molar-refractivity contribution in [2.75, 3.05) is 75.7 Å². The second kappa shape index (κ2) is 10.7. The second-order valence-electron chi connectivity index (χ2n) is 10.1. The molecule has 2 atom stereocenters. The van der Waals surface area contributed by atoms with E-state index in [-0.39, 0.29) is 11.8 Å². The van der Waals surface area contributed by atoms with Crippen LogP contribution < -0.4 is 10.2 Å². The van der Waals surface area contributed by atoms with Gasteiger partial charge in [-0.15, -0.1) is 0 Å². The van der Waals surface area contributed by atoms with Crippen molar-refractivity contribution in [2.45, 2.75) is 33.1 Å². The molecule has 3 saturated heterocycles. The lowest BCUT2D eigenvalue weighted by Gasteiger charge is -2.38. The third-order valence-electron chi connectivity index (χ3n) is 7.04. The van der Waals surface area contributed by atoms with Gasteiger partial charge in [0.2, 0.25) is 11.8 Å². The number of amides is 2. The summed E-state index contributed by atoms with van der Waals surface area (Å²) in [6, 6.07) is 8.11. The number of anilines is 2. The smallest absolute Gasteiger partial charge is 0.238 e. The predicted molar refractivity (Wildman–Crippen MR) is 129 cm³/mol. The van der Waals surface area contributed by atoms with E-state index >= 15 is 0 Å². The molecular weight excluding hydrogens is 402 g/mol. The number of hydrogen-bond donors (Lipinski definition) is 1. The van der Waals surface area contributed by atoms with Gasteiger partial charge in [0.1, 0.15) is 0 Å². The minimum Gasteiger partial charge on any atom is -0.370 e. The van der Waals surface area contributed by atoms with Gasteiger partial charge >= 0.3 is 0 Å². The average Bonchev–Trinajstić information content (AvgIpc) is 3.29. The lowest BCUT2D eigenvalue weighted by Crippen LogP contribution is -2.52. The van der Waals surface area contributed by atoms with Gasteiger partial charge in [-0.3, -0.25) is 19.4 Å². The minimum atomic E-state index is 0.0393. The molecule has 3 fully saturated rings. The first-order valence-corrected chi connectivity index (χ1v) is 12.3. The molecule has 0 spiro atoms. The first-order valence-electron chi connectivity index (χ1n) is 12.3. The van der Waals surface area contributed by atoms with Gasteiger partial charge in [0.25, 0.3) is 0 Å². The number of hydrogen-bond acceptors (Lipinski definition) is 5. The maximum absolute atomic E-state index is 12.8. The molecule has 176 valence electrons. The van der Waals surface area contributed by atoms with Crippen molar-refractivity contribution in [1.82, 2.24) is 14.7 Å². The van der Waals surface area contributed by atoms with Crippen molar-refractivity contribution in [3.05, 3.63) is 24.3 Å². The number of piperazine rings is 1. The van der Waals surface area contributed by atoms with E-state index in [1.165, 1.54) is 19.3 Å².